The maximum absolute atomic E-state index is 11.8. The van der Waals surface area contributed by atoms with Gasteiger partial charge in [0.15, 0.2) is 13.5 Å². The molecular formula is C11H14BrNO5S. The highest BCUT2D eigenvalue weighted by atomic mass is 79.9. The maximum atomic E-state index is 11.8. The van der Waals surface area contributed by atoms with Gasteiger partial charge in [-0.3, -0.25) is 10.1 Å². The van der Waals surface area contributed by atoms with Crippen molar-refractivity contribution in [3.63, 3.8) is 0 Å². The number of hydrogen-bond acceptors (Lipinski definition) is 5. The number of alkyl halides is 1. The minimum absolute atomic E-state index is 0.121. The van der Waals surface area contributed by atoms with Gasteiger partial charge in [0.25, 0.3) is 5.69 Å². The molecule has 0 heterocycles. The third-order valence-electron chi connectivity index (χ3n) is 2.90. The summed E-state index contributed by atoms with van der Waals surface area (Å²) >= 11 is 3.06. The molecule has 106 valence electrons. The average molecular weight is 352 g/mol. The summed E-state index contributed by atoms with van der Waals surface area (Å²) in [4.78, 5) is 10.1. The van der Waals surface area contributed by atoms with E-state index in [0.29, 0.717) is 0 Å². The zero-order valence-electron chi connectivity index (χ0n) is 10.4. The minimum Gasteiger partial charge on any atom is -0.386 e. The van der Waals surface area contributed by atoms with Crippen molar-refractivity contribution in [2.45, 2.75) is 23.1 Å². The summed E-state index contributed by atoms with van der Waals surface area (Å²) in [5, 5.41) is 20.9. The Labute approximate surface area is 119 Å². The number of aliphatic hydroxyl groups is 1. The predicted molar refractivity (Wildman–Crippen MR) is 74.8 cm³/mol. The van der Waals surface area contributed by atoms with Gasteiger partial charge in [0.2, 0.25) is 0 Å². The number of hydrogen-bond donors (Lipinski definition) is 1. The Balaban J connectivity index is 3.29. The fourth-order valence-corrected chi connectivity index (χ4v) is 3.05. The lowest BCUT2D eigenvalue weighted by molar-refractivity contribution is -0.385. The van der Waals surface area contributed by atoms with E-state index < -0.39 is 24.5 Å². The quantitative estimate of drug-likeness (QED) is 0.498. The van der Waals surface area contributed by atoms with Crippen LogP contribution in [0.15, 0.2) is 24.3 Å². The Morgan fingerprint density at radius 2 is 2.11 bits per heavy atom. The van der Waals surface area contributed by atoms with E-state index in [0.717, 1.165) is 6.26 Å². The van der Waals surface area contributed by atoms with Crippen LogP contribution in [0.1, 0.15) is 25.0 Å². The van der Waals surface area contributed by atoms with Crippen molar-refractivity contribution in [1.29, 1.82) is 0 Å². The van der Waals surface area contributed by atoms with Gasteiger partial charge in [-0.25, -0.2) is 8.42 Å². The van der Waals surface area contributed by atoms with Crippen molar-refractivity contribution in [3.05, 3.63) is 39.9 Å². The molecular weight excluding hydrogens is 338 g/mol. The van der Waals surface area contributed by atoms with Crippen molar-refractivity contribution < 1.29 is 18.4 Å². The molecule has 0 aliphatic heterocycles. The zero-order chi connectivity index (χ0) is 14.8. The van der Waals surface area contributed by atoms with E-state index in [9.17, 15) is 23.6 Å². The van der Waals surface area contributed by atoms with Crippen molar-refractivity contribution in [1.82, 2.24) is 0 Å². The van der Waals surface area contributed by atoms with E-state index in [1.807, 2.05) is 0 Å². The molecule has 0 saturated heterocycles. The lowest BCUT2D eigenvalue weighted by Gasteiger charge is -2.29. The fraction of sp³-hybridized carbons (Fsp3) is 0.455. The topological polar surface area (TPSA) is 97.5 Å². The number of nitrogens with zero attached hydrogens (tertiary/aromatic N) is 1. The van der Waals surface area contributed by atoms with Crippen molar-refractivity contribution in [2.75, 3.05) is 6.26 Å². The van der Waals surface area contributed by atoms with Crippen LogP contribution in [0.5, 0.6) is 0 Å². The molecule has 6 nitrogen and oxygen atoms in total. The van der Waals surface area contributed by atoms with E-state index in [1.165, 1.54) is 24.3 Å². The zero-order valence-corrected chi connectivity index (χ0v) is 12.8. The summed E-state index contributed by atoms with van der Waals surface area (Å²) in [7, 11) is -3.60. The molecule has 0 spiro atoms. The molecule has 8 heteroatoms. The second-order valence-corrected chi connectivity index (χ2v) is 8.38. The number of non-ortho nitro benzene ring substituents is 1. The van der Waals surface area contributed by atoms with Crippen LogP contribution < -0.4 is 0 Å². The molecule has 1 aromatic carbocycles. The first kappa shape index (κ1) is 16.1. The van der Waals surface area contributed by atoms with E-state index in [2.05, 4.69) is 15.9 Å². The Bertz CT molecular complexity index is 589. The summed E-state index contributed by atoms with van der Waals surface area (Å²) in [5.74, 6) is 0. The van der Waals surface area contributed by atoms with E-state index >= 15 is 0 Å². The van der Waals surface area contributed by atoms with Crippen LogP contribution in [-0.4, -0.2) is 28.4 Å². The second-order valence-electron chi connectivity index (χ2n) is 4.17. The van der Waals surface area contributed by atoms with Crippen LogP contribution in [0.4, 0.5) is 5.69 Å². The fourth-order valence-electron chi connectivity index (χ4n) is 1.72. The van der Waals surface area contributed by atoms with Crippen molar-refractivity contribution in [3.8, 4) is 0 Å². The van der Waals surface area contributed by atoms with Crippen LogP contribution in [0.25, 0.3) is 0 Å². The molecule has 0 aliphatic carbocycles. The van der Waals surface area contributed by atoms with Crippen LogP contribution in [-0.2, 0) is 9.84 Å². The molecule has 0 bridgehead atoms. The number of halogens is 1. The van der Waals surface area contributed by atoms with Gasteiger partial charge in [-0.2, -0.15) is 0 Å². The molecule has 2 atom stereocenters. The van der Waals surface area contributed by atoms with Gasteiger partial charge in [-0.05, 0) is 12.0 Å². The number of benzene rings is 1. The lowest BCUT2D eigenvalue weighted by atomic mass is 10.0. The van der Waals surface area contributed by atoms with Crippen LogP contribution in [0.2, 0.25) is 0 Å². The van der Waals surface area contributed by atoms with Crippen LogP contribution in [0, 0.1) is 10.1 Å². The monoisotopic (exact) mass is 351 g/mol. The van der Waals surface area contributed by atoms with E-state index in [1.54, 1.807) is 6.92 Å². The first-order chi connectivity index (χ1) is 8.63. The largest absolute Gasteiger partial charge is 0.386 e. The maximum Gasteiger partial charge on any atom is 0.269 e. The third-order valence-corrected chi connectivity index (χ3v) is 7.41. The van der Waals surface area contributed by atoms with Gasteiger partial charge in [-0.15, -0.1) is 0 Å². The number of rotatable bonds is 5. The first-order valence-corrected chi connectivity index (χ1v) is 8.13. The Morgan fingerprint density at radius 3 is 2.53 bits per heavy atom. The average Bonchev–Trinajstić information content (AvgIpc) is 2.35. The standard InChI is InChI=1S/C11H14BrNO5S/c1-3-11(12,19(2,17)18)10(14)8-5-4-6-9(7-8)13(15)16/h4-7,10,14H,3H2,1-2H3/t10-,11+/m0/s1. The van der Waals surface area contributed by atoms with Gasteiger partial charge in [0.1, 0.15) is 6.10 Å². The van der Waals surface area contributed by atoms with Gasteiger partial charge in [0, 0.05) is 18.4 Å². The highest BCUT2D eigenvalue weighted by Crippen LogP contribution is 2.41. The van der Waals surface area contributed by atoms with Gasteiger partial charge >= 0.3 is 0 Å². The molecule has 0 saturated carbocycles. The highest BCUT2D eigenvalue weighted by Gasteiger charge is 2.44. The number of nitro groups is 1. The summed E-state index contributed by atoms with van der Waals surface area (Å²) in [5.41, 5.74) is -0.0191. The number of nitro benzene ring substituents is 1. The number of aliphatic hydroxyl groups excluding tert-OH is 1. The molecule has 0 amide bonds. The Morgan fingerprint density at radius 1 is 1.53 bits per heavy atom. The van der Waals surface area contributed by atoms with Crippen molar-refractivity contribution >= 4 is 31.5 Å². The SMILES string of the molecule is CC[C@](Br)([C@@H](O)c1cccc([N+](=O)[O-])c1)S(C)(=O)=O. The molecule has 1 N–H and O–H groups in total. The summed E-state index contributed by atoms with van der Waals surface area (Å²) in [6, 6.07) is 5.30. The van der Waals surface area contributed by atoms with Crippen LogP contribution in [0.3, 0.4) is 0 Å². The molecule has 19 heavy (non-hydrogen) atoms. The second kappa shape index (κ2) is 5.56. The first-order valence-electron chi connectivity index (χ1n) is 5.44. The lowest BCUT2D eigenvalue weighted by Crippen LogP contribution is -2.37. The van der Waals surface area contributed by atoms with Crippen molar-refractivity contribution in [2.24, 2.45) is 0 Å². The minimum atomic E-state index is -3.60. The highest BCUT2D eigenvalue weighted by molar-refractivity contribution is 9.11. The Kier molecular flexibility index (Phi) is 4.70. The van der Waals surface area contributed by atoms with E-state index in [-0.39, 0.29) is 17.7 Å². The summed E-state index contributed by atoms with van der Waals surface area (Å²) < 4.78 is 22.0. The Hall–Kier alpha value is -0.990. The normalized spacial score (nSPS) is 16.6. The molecule has 0 radical (unpaired) electrons. The summed E-state index contributed by atoms with van der Waals surface area (Å²) in [6.07, 6.45) is -0.269. The molecule has 1 aromatic rings. The molecule has 0 unspecified atom stereocenters. The van der Waals surface area contributed by atoms with E-state index in [4.69, 9.17) is 0 Å². The summed E-state index contributed by atoms with van der Waals surface area (Å²) in [6.45, 7) is 1.61. The predicted octanol–water partition coefficient (Wildman–Crippen LogP) is 2.17. The molecule has 0 fully saturated rings. The van der Waals surface area contributed by atoms with Gasteiger partial charge < -0.3 is 5.11 Å². The molecule has 1 rings (SSSR count). The smallest absolute Gasteiger partial charge is 0.269 e. The van der Waals surface area contributed by atoms with Gasteiger partial charge in [-0.1, -0.05) is 35.0 Å². The van der Waals surface area contributed by atoms with Gasteiger partial charge in [0.05, 0.1) is 4.92 Å². The molecule has 0 aromatic heterocycles. The van der Waals surface area contributed by atoms with Crippen LogP contribution >= 0.6 is 15.9 Å². The third kappa shape index (κ3) is 3.13. The molecule has 0 aliphatic rings. The number of sulfone groups is 1.